The Morgan fingerprint density at radius 1 is 1.33 bits per heavy atom. The molecule has 84 valence electrons. The average Bonchev–Trinajstić information content (AvgIpc) is 2.21. The lowest BCUT2D eigenvalue weighted by molar-refractivity contribution is 0.406. The van der Waals surface area contributed by atoms with Gasteiger partial charge >= 0.3 is 0 Å². The zero-order valence-corrected chi connectivity index (χ0v) is 10.7. The molecule has 1 unspecified atom stereocenters. The van der Waals surface area contributed by atoms with Crippen molar-refractivity contribution in [3.8, 4) is 5.75 Å². The summed E-state index contributed by atoms with van der Waals surface area (Å²) in [4.78, 5) is 0. The van der Waals surface area contributed by atoms with Crippen LogP contribution in [0.3, 0.4) is 0 Å². The van der Waals surface area contributed by atoms with Crippen LogP contribution in [0.2, 0.25) is 0 Å². The fourth-order valence-corrected chi connectivity index (χ4v) is 1.91. The lowest BCUT2D eigenvalue weighted by atomic mass is 9.96. The van der Waals surface area contributed by atoms with Crippen LogP contribution < -0.4 is 4.74 Å². The van der Waals surface area contributed by atoms with Crippen LogP contribution in [0, 0.1) is 19.8 Å². The Bertz CT molecular complexity index is 334. The number of hydrogen-bond donors (Lipinski definition) is 0. The molecule has 0 aliphatic rings. The van der Waals surface area contributed by atoms with Gasteiger partial charge in [-0.1, -0.05) is 13.0 Å². The highest BCUT2D eigenvalue weighted by molar-refractivity contribution is 6.18. The fourth-order valence-electron chi connectivity index (χ4n) is 1.81. The van der Waals surface area contributed by atoms with E-state index < -0.39 is 0 Å². The molecule has 0 heterocycles. The van der Waals surface area contributed by atoms with E-state index in [1.807, 2.05) is 0 Å². The smallest absolute Gasteiger partial charge is 0.122 e. The number of benzene rings is 1. The molecule has 0 bridgehead atoms. The number of methoxy groups -OCH3 is 1. The third-order valence-corrected chi connectivity index (χ3v) is 3.14. The summed E-state index contributed by atoms with van der Waals surface area (Å²) in [5.74, 6) is 2.17. The van der Waals surface area contributed by atoms with E-state index in [2.05, 4.69) is 32.9 Å². The van der Waals surface area contributed by atoms with Crippen LogP contribution in [0.25, 0.3) is 0 Å². The molecule has 1 atom stereocenters. The van der Waals surface area contributed by atoms with Crippen molar-refractivity contribution < 1.29 is 4.74 Å². The normalized spacial score (nSPS) is 12.6. The molecule has 1 nitrogen and oxygen atoms in total. The summed E-state index contributed by atoms with van der Waals surface area (Å²) in [6.07, 6.45) is 0.985. The Hall–Kier alpha value is -0.690. The Morgan fingerprint density at radius 3 is 2.53 bits per heavy atom. The maximum atomic E-state index is 5.84. The third kappa shape index (κ3) is 3.13. The highest BCUT2D eigenvalue weighted by atomic mass is 35.5. The van der Waals surface area contributed by atoms with Crippen LogP contribution in [-0.4, -0.2) is 13.0 Å². The molecule has 0 amide bonds. The standard InChI is InChI=1S/C13H19ClO/c1-9-5-11(3)12(6-10(2)8-14)13(7-9)15-4/h5,7,10H,6,8H2,1-4H3. The topological polar surface area (TPSA) is 9.23 Å². The van der Waals surface area contributed by atoms with Crippen LogP contribution in [0.5, 0.6) is 5.75 Å². The Balaban J connectivity index is 3.04. The maximum absolute atomic E-state index is 5.84. The lowest BCUT2D eigenvalue weighted by Gasteiger charge is -2.15. The molecule has 15 heavy (non-hydrogen) atoms. The second-order valence-electron chi connectivity index (χ2n) is 4.23. The van der Waals surface area contributed by atoms with E-state index in [4.69, 9.17) is 16.3 Å². The van der Waals surface area contributed by atoms with Crippen molar-refractivity contribution in [2.75, 3.05) is 13.0 Å². The van der Waals surface area contributed by atoms with Crippen molar-refractivity contribution in [3.63, 3.8) is 0 Å². The second kappa shape index (κ2) is 5.41. The summed E-state index contributed by atoms with van der Waals surface area (Å²) in [6.45, 7) is 6.38. The van der Waals surface area contributed by atoms with Crippen LogP contribution in [0.4, 0.5) is 0 Å². The zero-order valence-electron chi connectivity index (χ0n) is 9.93. The molecule has 0 saturated heterocycles. The molecule has 0 radical (unpaired) electrons. The number of halogens is 1. The van der Waals surface area contributed by atoms with Gasteiger partial charge < -0.3 is 4.74 Å². The summed E-state index contributed by atoms with van der Waals surface area (Å²) in [6, 6.07) is 4.28. The Morgan fingerprint density at radius 2 is 2.00 bits per heavy atom. The van der Waals surface area contributed by atoms with Gasteiger partial charge in [-0.15, -0.1) is 11.6 Å². The van der Waals surface area contributed by atoms with Crippen molar-refractivity contribution in [3.05, 3.63) is 28.8 Å². The number of alkyl halides is 1. The van der Waals surface area contributed by atoms with Crippen molar-refractivity contribution in [2.24, 2.45) is 5.92 Å². The highest BCUT2D eigenvalue weighted by Crippen LogP contribution is 2.26. The molecule has 2 heteroatoms. The zero-order chi connectivity index (χ0) is 11.4. The first-order valence-electron chi connectivity index (χ1n) is 5.28. The average molecular weight is 227 g/mol. The first-order chi connectivity index (χ1) is 7.08. The van der Waals surface area contributed by atoms with E-state index in [1.165, 1.54) is 16.7 Å². The first kappa shape index (κ1) is 12.4. The molecule has 0 N–H and O–H groups in total. The molecule has 0 spiro atoms. The minimum absolute atomic E-state index is 0.488. The summed E-state index contributed by atoms with van der Waals surface area (Å²) in [5.41, 5.74) is 3.83. The van der Waals surface area contributed by atoms with Crippen molar-refractivity contribution in [2.45, 2.75) is 27.2 Å². The largest absolute Gasteiger partial charge is 0.496 e. The van der Waals surface area contributed by atoms with E-state index in [0.29, 0.717) is 11.8 Å². The molecule has 1 rings (SSSR count). The van der Waals surface area contributed by atoms with Gasteiger partial charge in [-0.3, -0.25) is 0 Å². The summed E-state index contributed by atoms with van der Waals surface area (Å²) in [7, 11) is 1.73. The van der Waals surface area contributed by atoms with Crippen molar-refractivity contribution in [1.82, 2.24) is 0 Å². The minimum atomic E-state index is 0.488. The molecule has 1 aromatic rings. The van der Waals surface area contributed by atoms with Gasteiger partial charge in [0.05, 0.1) is 7.11 Å². The van der Waals surface area contributed by atoms with Gasteiger partial charge in [0.2, 0.25) is 0 Å². The Kier molecular flexibility index (Phi) is 4.46. The number of aryl methyl sites for hydroxylation is 2. The number of hydrogen-bond acceptors (Lipinski definition) is 1. The van der Waals surface area contributed by atoms with Crippen LogP contribution in [0.1, 0.15) is 23.6 Å². The summed E-state index contributed by atoms with van der Waals surface area (Å²) < 4.78 is 5.41. The SMILES string of the molecule is COc1cc(C)cc(C)c1CC(C)CCl. The van der Waals surface area contributed by atoms with Crippen LogP contribution in [0.15, 0.2) is 12.1 Å². The quantitative estimate of drug-likeness (QED) is 0.711. The second-order valence-corrected chi connectivity index (χ2v) is 4.53. The molecule has 0 aromatic heterocycles. The molecule has 1 aromatic carbocycles. The maximum Gasteiger partial charge on any atom is 0.122 e. The fraction of sp³-hybridized carbons (Fsp3) is 0.538. The summed E-state index contributed by atoms with van der Waals surface area (Å²) >= 11 is 5.84. The van der Waals surface area contributed by atoms with Crippen LogP contribution in [-0.2, 0) is 6.42 Å². The van der Waals surface area contributed by atoms with E-state index in [9.17, 15) is 0 Å². The Labute approximate surface area is 97.4 Å². The molecule has 0 aliphatic carbocycles. The predicted molar refractivity (Wildman–Crippen MR) is 66.1 cm³/mol. The predicted octanol–water partition coefficient (Wildman–Crippen LogP) is 3.73. The minimum Gasteiger partial charge on any atom is -0.496 e. The highest BCUT2D eigenvalue weighted by Gasteiger charge is 2.11. The number of ether oxygens (including phenoxy) is 1. The van der Waals surface area contributed by atoms with Crippen LogP contribution >= 0.6 is 11.6 Å². The van der Waals surface area contributed by atoms with E-state index in [0.717, 1.165) is 12.2 Å². The van der Waals surface area contributed by atoms with Gasteiger partial charge in [-0.2, -0.15) is 0 Å². The molecule has 0 aliphatic heterocycles. The summed E-state index contributed by atoms with van der Waals surface area (Å²) in [5, 5.41) is 0. The van der Waals surface area contributed by atoms with Gasteiger partial charge in [-0.05, 0) is 48.9 Å². The lowest BCUT2D eigenvalue weighted by Crippen LogP contribution is -2.05. The number of rotatable bonds is 4. The monoisotopic (exact) mass is 226 g/mol. The van der Waals surface area contributed by atoms with E-state index >= 15 is 0 Å². The van der Waals surface area contributed by atoms with Gasteiger partial charge in [0.15, 0.2) is 0 Å². The first-order valence-corrected chi connectivity index (χ1v) is 5.82. The molecular formula is C13H19ClO. The van der Waals surface area contributed by atoms with Gasteiger partial charge in [-0.25, -0.2) is 0 Å². The molecular weight excluding hydrogens is 208 g/mol. The van der Waals surface area contributed by atoms with Gasteiger partial charge in [0.25, 0.3) is 0 Å². The third-order valence-electron chi connectivity index (χ3n) is 2.61. The van der Waals surface area contributed by atoms with E-state index in [-0.39, 0.29) is 0 Å². The van der Waals surface area contributed by atoms with Crippen molar-refractivity contribution >= 4 is 11.6 Å². The molecule has 0 fully saturated rings. The van der Waals surface area contributed by atoms with Gasteiger partial charge in [0.1, 0.15) is 5.75 Å². The van der Waals surface area contributed by atoms with Crippen molar-refractivity contribution in [1.29, 1.82) is 0 Å². The molecule has 0 saturated carbocycles. The van der Waals surface area contributed by atoms with Gasteiger partial charge in [0, 0.05) is 5.88 Å². The van der Waals surface area contributed by atoms with E-state index in [1.54, 1.807) is 7.11 Å².